The van der Waals surface area contributed by atoms with E-state index in [1.807, 2.05) is 22.9 Å². The van der Waals surface area contributed by atoms with Crippen LogP contribution in [0, 0.1) is 0 Å². The molecule has 90 valence electrons. The average Bonchev–Trinajstić information content (AvgIpc) is 2.86. The molecule has 2 aromatic rings. The third-order valence-corrected chi connectivity index (χ3v) is 4.36. The van der Waals surface area contributed by atoms with Crippen LogP contribution < -0.4 is 5.32 Å². The van der Waals surface area contributed by atoms with Crippen molar-refractivity contribution >= 4 is 43.4 Å². The van der Waals surface area contributed by atoms with Crippen LogP contribution in [0.4, 0.5) is 0 Å². The molecular weight excluding hydrogens is 300 g/mol. The number of thiophene rings is 1. The lowest BCUT2D eigenvalue weighted by molar-refractivity contribution is 0.0949. The highest BCUT2D eigenvalue weighted by atomic mass is 79.9. The van der Waals surface area contributed by atoms with Crippen LogP contribution >= 0.6 is 27.3 Å². The molecule has 0 fully saturated rings. The molecule has 0 saturated heterocycles. The Morgan fingerprint density at radius 3 is 3.12 bits per heavy atom. The first-order valence-electron chi connectivity index (χ1n) is 5.34. The van der Waals surface area contributed by atoms with Gasteiger partial charge in [0.1, 0.15) is 5.69 Å². The van der Waals surface area contributed by atoms with Gasteiger partial charge in [0.25, 0.3) is 5.91 Å². The number of fused-ring (bicyclic) bond motifs is 1. The van der Waals surface area contributed by atoms with E-state index in [2.05, 4.69) is 27.8 Å². The van der Waals surface area contributed by atoms with Gasteiger partial charge in [-0.2, -0.15) is 0 Å². The summed E-state index contributed by atoms with van der Waals surface area (Å²) in [5.41, 5.74) is 1.80. The molecule has 17 heavy (non-hydrogen) atoms. The quantitative estimate of drug-likeness (QED) is 0.863. The number of hydrogen-bond acceptors (Lipinski definition) is 2. The molecule has 5 heteroatoms. The molecule has 0 atom stereocenters. The normalized spacial score (nSPS) is 10.7. The molecule has 1 N–H and O–H groups in total. The minimum absolute atomic E-state index is 0.0537. The minimum Gasteiger partial charge on any atom is -0.347 e. The van der Waals surface area contributed by atoms with Gasteiger partial charge in [-0.25, -0.2) is 0 Å². The van der Waals surface area contributed by atoms with Crippen LogP contribution in [0.1, 0.15) is 17.4 Å². The summed E-state index contributed by atoms with van der Waals surface area (Å²) in [5, 5.41) is 4.85. The predicted molar refractivity (Wildman–Crippen MR) is 75.7 cm³/mol. The monoisotopic (exact) mass is 312 g/mol. The fraction of sp³-hybridized carbons (Fsp3) is 0.250. The summed E-state index contributed by atoms with van der Waals surface area (Å²) in [6, 6.07) is 1.94. The molecule has 0 aliphatic heterocycles. The summed E-state index contributed by atoms with van der Waals surface area (Å²) in [6.07, 6.45) is 1.68. The first-order valence-corrected chi connectivity index (χ1v) is 7.01. The Balaban J connectivity index is 2.46. The van der Waals surface area contributed by atoms with Crippen molar-refractivity contribution in [3.63, 3.8) is 0 Å². The molecule has 0 aromatic carbocycles. The lowest BCUT2D eigenvalue weighted by atomic mass is 10.4. The molecule has 2 heterocycles. The Labute approximate surface area is 112 Å². The van der Waals surface area contributed by atoms with E-state index < -0.39 is 0 Å². The average molecular weight is 313 g/mol. The molecule has 3 nitrogen and oxygen atoms in total. The lowest BCUT2D eigenvalue weighted by Crippen LogP contribution is -2.25. The van der Waals surface area contributed by atoms with Gasteiger partial charge in [0.05, 0.1) is 14.7 Å². The highest BCUT2D eigenvalue weighted by Crippen LogP contribution is 2.33. The van der Waals surface area contributed by atoms with Crippen LogP contribution in [0.25, 0.3) is 10.2 Å². The Morgan fingerprint density at radius 1 is 1.71 bits per heavy atom. The van der Waals surface area contributed by atoms with Gasteiger partial charge < -0.3 is 9.88 Å². The largest absolute Gasteiger partial charge is 0.347 e. The summed E-state index contributed by atoms with van der Waals surface area (Å²) in [6.45, 7) is 6.89. The molecule has 0 radical (unpaired) electrons. The number of nitrogens with one attached hydrogen (secondary N) is 1. The van der Waals surface area contributed by atoms with E-state index >= 15 is 0 Å². The molecule has 2 rings (SSSR count). The summed E-state index contributed by atoms with van der Waals surface area (Å²) >= 11 is 5.15. The first kappa shape index (κ1) is 12.4. The molecule has 0 bridgehead atoms. The van der Waals surface area contributed by atoms with Gasteiger partial charge in [-0.05, 0) is 28.9 Å². The fourth-order valence-electron chi connectivity index (χ4n) is 1.80. The van der Waals surface area contributed by atoms with Gasteiger partial charge in [0, 0.05) is 18.5 Å². The summed E-state index contributed by atoms with van der Waals surface area (Å²) in [7, 11) is 0. The Bertz CT molecular complexity index is 570. The number of carbonyl (C=O) groups excluding carboxylic acids is 1. The van der Waals surface area contributed by atoms with Gasteiger partial charge in [0.15, 0.2) is 0 Å². The number of hydrogen-bond donors (Lipinski definition) is 1. The molecule has 0 spiro atoms. The summed E-state index contributed by atoms with van der Waals surface area (Å²) in [4.78, 5) is 12.0. The maximum Gasteiger partial charge on any atom is 0.268 e. The van der Waals surface area contributed by atoms with Crippen molar-refractivity contribution in [2.45, 2.75) is 13.5 Å². The van der Waals surface area contributed by atoms with Crippen molar-refractivity contribution in [2.24, 2.45) is 0 Å². The van der Waals surface area contributed by atoms with E-state index in [0.29, 0.717) is 12.2 Å². The fourth-order valence-corrected chi connectivity index (χ4v) is 3.50. The number of nitrogens with zero attached hydrogens (tertiary/aromatic N) is 1. The van der Waals surface area contributed by atoms with E-state index in [0.717, 1.165) is 21.2 Å². The van der Waals surface area contributed by atoms with E-state index in [4.69, 9.17) is 0 Å². The van der Waals surface area contributed by atoms with Crippen LogP contribution in [-0.2, 0) is 6.54 Å². The van der Waals surface area contributed by atoms with Gasteiger partial charge in [-0.3, -0.25) is 4.79 Å². The molecule has 0 aliphatic carbocycles. The topological polar surface area (TPSA) is 34.0 Å². The summed E-state index contributed by atoms with van der Waals surface area (Å²) in [5.74, 6) is -0.0537. The Morgan fingerprint density at radius 2 is 2.47 bits per heavy atom. The van der Waals surface area contributed by atoms with Crippen molar-refractivity contribution in [2.75, 3.05) is 6.54 Å². The van der Waals surface area contributed by atoms with Crippen LogP contribution in [-0.4, -0.2) is 17.0 Å². The maximum atomic E-state index is 12.0. The molecular formula is C12H13BrN2OS. The van der Waals surface area contributed by atoms with Gasteiger partial charge >= 0.3 is 0 Å². The van der Waals surface area contributed by atoms with Gasteiger partial charge in [-0.15, -0.1) is 17.9 Å². The number of aryl methyl sites for hydroxylation is 1. The minimum atomic E-state index is -0.0537. The predicted octanol–water partition coefficient (Wildman–Crippen LogP) is 3.40. The number of carbonyl (C=O) groups is 1. The highest BCUT2D eigenvalue weighted by Gasteiger charge is 2.16. The Hall–Kier alpha value is -1.07. The molecule has 0 saturated carbocycles. The van der Waals surface area contributed by atoms with Crippen LogP contribution in [0.15, 0.2) is 28.6 Å². The van der Waals surface area contributed by atoms with Crippen molar-refractivity contribution in [1.29, 1.82) is 0 Å². The van der Waals surface area contributed by atoms with Crippen LogP contribution in [0.5, 0.6) is 0 Å². The van der Waals surface area contributed by atoms with Gasteiger partial charge in [-0.1, -0.05) is 6.08 Å². The summed E-state index contributed by atoms with van der Waals surface area (Å²) < 4.78 is 4.19. The van der Waals surface area contributed by atoms with Crippen molar-refractivity contribution in [3.8, 4) is 0 Å². The SMILES string of the molecule is C=CCNC(=O)c1cc2scc(Br)c2n1CC. The number of amides is 1. The number of halogens is 1. The van der Waals surface area contributed by atoms with Crippen molar-refractivity contribution in [3.05, 3.63) is 34.3 Å². The zero-order chi connectivity index (χ0) is 12.4. The standard InChI is InChI=1S/C12H13BrN2OS/c1-3-5-14-12(16)9-6-10-11(15(9)4-2)8(13)7-17-10/h3,6-7H,1,4-5H2,2H3,(H,14,16). The van der Waals surface area contributed by atoms with Crippen LogP contribution in [0.2, 0.25) is 0 Å². The van der Waals surface area contributed by atoms with Crippen molar-refractivity contribution in [1.82, 2.24) is 9.88 Å². The van der Waals surface area contributed by atoms with Gasteiger partial charge in [0.2, 0.25) is 0 Å². The van der Waals surface area contributed by atoms with E-state index in [9.17, 15) is 4.79 Å². The Kier molecular flexibility index (Phi) is 3.69. The second-order valence-electron chi connectivity index (χ2n) is 3.57. The zero-order valence-electron chi connectivity index (χ0n) is 9.50. The van der Waals surface area contributed by atoms with E-state index in [1.54, 1.807) is 17.4 Å². The third kappa shape index (κ3) is 2.17. The molecule has 0 aliphatic rings. The third-order valence-electron chi connectivity index (χ3n) is 2.53. The number of aromatic nitrogens is 1. The van der Waals surface area contributed by atoms with Crippen LogP contribution in [0.3, 0.4) is 0 Å². The second kappa shape index (κ2) is 5.06. The van der Waals surface area contributed by atoms with Crippen molar-refractivity contribution < 1.29 is 4.79 Å². The zero-order valence-corrected chi connectivity index (χ0v) is 11.9. The maximum absolute atomic E-state index is 12.0. The first-order chi connectivity index (χ1) is 8.19. The smallest absolute Gasteiger partial charge is 0.268 e. The molecule has 2 aromatic heterocycles. The van der Waals surface area contributed by atoms with E-state index in [-0.39, 0.29) is 5.91 Å². The molecule has 0 unspecified atom stereocenters. The second-order valence-corrected chi connectivity index (χ2v) is 5.33. The lowest BCUT2D eigenvalue weighted by Gasteiger charge is -2.07. The van der Waals surface area contributed by atoms with E-state index in [1.165, 1.54) is 0 Å². The number of rotatable bonds is 4. The molecule has 1 amide bonds. The highest BCUT2D eigenvalue weighted by molar-refractivity contribution is 9.10.